The maximum Gasteiger partial charge on any atom is 0.166 e. The summed E-state index contributed by atoms with van der Waals surface area (Å²) in [5.74, 6) is 0.665. The minimum atomic E-state index is -0.323. The van der Waals surface area contributed by atoms with Crippen LogP contribution in [0.3, 0.4) is 0 Å². The molecule has 0 aromatic carbocycles. The molecular weight excluding hydrogens is 294 g/mol. The lowest BCUT2D eigenvalue weighted by Gasteiger charge is -2.15. The van der Waals surface area contributed by atoms with Gasteiger partial charge in [0.25, 0.3) is 0 Å². The van der Waals surface area contributed by atoms with Crippen molar-refractivity contribution >= 4 is 33.3 Å². The highest BCUT2D eigenvalue weighted by Crippen LogP contribution is 2.48. The fraction of sp³-hybridized carbons (Fsp3) is 0.545. The van der Waals surface area contributed by atoms with Crippen LogP contribution in [0, 0.1) is 11.2 Å². The molecule has 5 heteroatoms. The van der Waals surface area contributed by atoms with Crippen molar-refractivity contribution in [2.75, 3.05) is 17.7 Å². The van der Waals surface area contributed by atoms with E-state index < -0.39 is 0 Å². The topological polar surface area (TPSA) is 24.9 Å². The highest BCUT2D eigenvalue weighted by Gasteiger charge is 2.41. The van der Waals surface area contributed by atoms with Crippen molar-refractivity contribution in [1.29, 1.82) is 0 Å². The summed E-state index contributed by atoms with van der Waals surface area (Å²) < 4.78 is 14.1. The molecule has 1 fully saturated rings. The third kappa shape index (κ3) is 2.86. The monoisotopic (exact) mass is 306 g/mol. The molecule has 2 rings (SSSR count). The second-order valence-corrected chi connectivity index (χ2v) is 5.57. The number of aromatic nitrogens is 1. The van der Waals surface area contributed by atoms with Gasteiger partial charge in [-0.25, -0.2) is 9.37 Å². The first-order valence-electron chi connectivity index (χ1n) is 5.26. The van der Waals surface area contributed by atoms with Crippen LogP contribution in [0.2, 0.25) is 0 Å². The molecule has 1 N–H and O–H groups in total. The van der Waals surface area contributed by atoms with Crippen molar-refractivity contribution in [3.63, 3.8) is 0 Å². The number of anilines is 1. The third-order valence-electron chi connectivity index (χ3n) is 3.02. The van der Waals surface area contributed by atoms with Crippen LogP contribution in [0.1, 0.15) is 19.3 Å². The van der Waals surface area contributed by atoms with E-state index in [1.54, 1.807) is 6.20 Å². The molecule has 0 spiro atoms. The maximum absolute atomic E-state index is 13.5. The largest absolute Gasteiger partial charge is 0.367 e. The highest BCUT2D eigenvalue weighted by molar-refractivity contribution is 9.10. The van der Waals surface area contributed by atoms with Crippen LogP contribution in [0.15, 0.2) is 16.7 Å². The molecule has 0 bridgehead atoms. The standard InChI is InChI=1S/C11H13BrClFN2/c12-8-5-9(14)10(15-6-8)16-7-11(1-2-11)3-4-13/h5-6H,1-4,7H2,(H,15,16). The summed E-state index contributed by atoms with van der Waals surface area (Å²) >= 11 is 8.91. The number of hydrogen-bond acceptors (Lipinski definition) is 2. The number of halogens is 3. The first-order valence-corrected chi connectivity index (χ1v) is 6.59. The molecule has 0 atom stereocenters. The van der Waals surface area contributed by atoms with E-state index in [0.717, 1.165) is 13.0 Å². The summed E-state index contributed by atoms with van der Waals surface area (Å²) in [6, 6.07) is 1.41. The Balaban J connectivity index is 1.94. The molecular formula is C11H13BrClFN2. The van der Waals surface area contributed by atoms with Crippen LogP contribution >= 0.6 is 27.5 Å². The molecule has 88 valence electrons. The average molecular weight is 308 g/mol. The lowest BCUT2D eigenvalue weighted by atomic mass is 10.0. The van der Waals surface area contributed by atoms with Crippen LogP contribution < -0.4 is 5.32 Å². The fourth-order valence-electron chi connectivity index (χ4n) is 1.71. The van der Waals surface area contributed by atoms with E-state index in [4.69, 9.17) is 11.6 Å². The Morgan fingerprint density at radius 3 is 2.88 bits per heavy atom. The first-order chi connectivity index (χ1) is 7.65. The molecule has 1 heterocycles. The fourth-order valence-corrected chi connectivity index (χ4v) is 2.41. The lowest BCUT2D eigenvalue weighted by Crippen LogP contribution is -2.17. The zero-order valence-corrected chi connectivity index (χ0v) is 11.1. The number of hydrogen-bond donors (Lipinski definition) is 1. The summed E-state index contributed by atoms with van der Waals surface area (Å²) in [5, 5.41) is 3.06. The van der Waals surface area contributed by atoms with Gasteiger partial charge in [-0.3, -0.25) is 0 Å². The minimum Gasteiger partial charge on any atom is -0.367 e. The second-order valence-electron chi connectivity index (χ2n) is 4.28. The Bertz CT molecular complexity index is 382. The van der Waals surface area contributed by atoms with Gasteiger partial charge in [-0.15, -0.1) is 11.6 Å². The second kappa shape index (κ2) is 4.88. The molecule has 0 amide bonds. The SMILES string of the molecule is Fc1cc(Br)cnc1NCC1(CCCl)CC1. The minimum absolute atomic E-state index is 0.281. The van der Waals surface area contributed by atoms with Gasteiger partial charge in [0, 0.05) is 23.1 Å². The molecule has 0 unspecified atom stereocenters. The molecule has 0 radical (unpaired) electrons. The third-order valence-corrected chi connectivity index (χ3v) is 3.64. The summed E-state index contributed by atoms with van der Waals surface area (Å²) in [5.41, 5.74) is 0.281. The molecule has 1 aliphatic carbocycles. The smallest absolute Gasteiger partial charge is 0.166 e. The predicted octanol–water partition coefficient (Wildman–Crippen LogP) is 3.80. The van der Waals surface area contributed by atoms with Gasteiger partial charge in [-0.2, -0.15) is 0 Å². The van der Waals surface area contributed by atoms with Crippen molar-refractivity contribution < 1.29 is 4.39 Å². The predicted molar refractivity (Wildman–Crippen MR) is 67.4 cm³/mol. The van der Waals surface area contributed by atoms with Gasteiger partial charge in [0.2, 0.25) is 0 Å². The number of alkyl halides is 1. The van der Waals surface area contributed by atoms with E-state index >= 15 is 0 Å². The van der Waals surface area contributed by atoms with Crippen LogP contribution in [0.5, 0.6) is 0 Å². The Hall–Kier alpha value is -0.350. The first kappa shape index (κ1) is 12.1. The summed E-state index contributed by atoms with van der Waals surface area (Å²) in [6.07, 6.45) is 4.92. The normalized spacial score (nSPS) is 17.2. The zero-order valence-electron chi connectivity index (χ0n) is 8.77. The van der Waals surface area contributed by atoms with E-state index in [9.17, 15) is 4.39 Å². The van der Waals surface area contributed by atoms with Gasteiger partial charge in [0.05, 0.1) is 0 Å². The summed E-state index contributed by atoms with van der Waals surface area (Å²) in [4.78, 5) is 4.00. The van der Waals surface area contributed by atoms with Gasteiger partial charge in [0.1, 0.15) is 0 Å². The van der Waals surface area contributed by atoms with E-state index in [0.29, 0.717) is 16.2 Å². The zero-order chi connectivity index (χ0) is 11.6. The summed E-state index contributed by atoms with van der Waals surface area (Å²) in [7, 11) is 0. The van der Waals surface area contributed by atoms with Crippen LogP contribution in [0.4, 0.5) is 10.2 Å². The van der Waals surface area contributed by atoms with Gasteiger partial charge >= 0.3 is 0 Å². The van der Waals surface area contributed by atoms with E-state index in [1.165, 1.54) is 18.9 Å². The Morgan fingerprint density at radius 1 is 1.56 bits per heavy atom. The van der Waals surface area contributed by atoms with Gasteiger partial charge in [0.15, 0.2) is 11.6 Å². The number of nitrogens with zero attached hydrogens (tertiary/aromatic N) is 1. The van der Waals surface area contributed by atoms with Crippen LogP contribution in [-0.2, 0) is 0 Å². The molecule has 1 aliphatic rings. The van der Waals surface area contributed by atoms with Crippen molar-refractivity contribution in [2.24, 2.45) is 5.41 Å². The molecule has 2 nitrogen and oxygen atoms in total. The Kier molecular flexibility index (Phi) is 3.70. The van der Waals surface area contributed by atoms with Crippen molar-refractivity contribution in [1.82, 2.24) is 4.98 Å². The van der Waals surface area contributed by atoms with E-state index in [1.807, 2.05) is 0 Å². The van der Waals surface area contributed by atoms with Gasteiger partial charge < -0.3 is 5.32 Å². The van der Waals surface area contributed by atoms with E-state index in [-0.39, 0.29) is 11.2 Å². The summed E-state index contributed by atoms with van der Waals surface area (Å²) in [6.45, 7) is 0.755. The van der Waals surface area contributed by atoms with Crippen molar-refractivity contribution in [3.05, 3.63) is 22.6 Å². The van der Waals surface area contributed by atoms with Crippen LogP contribution in [-0.4, -0.2) is 17.4 Å². The number of rotatable bonds is 5. The highest BCUT2D eigenvalue weighted by atomic mass is 79.9. The quantitative estimate of drug-likeness (QED) is 0.837. The molecule has 1 aromatic heterocycles. The Morgan fingerprint density at radius 2 is 2.31 bits per heavy atom. The average Bonchev–Trinajstić information content (AvgIpc) is 2.98. The van der Waals surface area contributed by atoms with Gasteiger partial charge in [-0.05, 0) is 46.7 Å². The van der Waals surface area contributed by atoms with Gasteiger partial charge in [-0.1, -0.05) is 0 Å². The van der Waals surface area contributed by atoms with Crippen molar-refractivity contribution in [2.45, 2.75) is 19.3 Å². The maximum atomic E-state index is 13.5. The molecule has 0 saturated heterocycles. The Labute approximate surface area is 108 Å². The molecule has 1 saturated carbocycles. The molecule has 0 aliphatic heterocycles. The number of pyridine rings is 1. The number of nitrogens with one attached hydrogen (secondary N) is 1. The van der Waals surface area contributed by atoms with Crippen LogP contribution in [0.25, 0.3) is 0 Å². The molecule has 1 aromatic rings. The molecule has 16 heavy (non-hydrogen) atoms. The van der Waals surface area contributed by atoms with Crippen molar-refractivity contribution in [3.8, 4) is 0 Å². The lowest BCUT2D eigenvalue weighted by molar-refractivity contribution is 0.520. The van der Waals surface area contributed by atoms with E-state index in [2.05, 4.69) is 26.2 Å².